The van der Waals surface area contributed by atoms with Crippen LogP contribution >= 0.6 is 0 Å². The van der Waals surface area contributed by atoms with Crippen LogP contribution in [0.2, 0.25) is 0 Å². The van der Waals surface area contributed by atoms with Crippen molar-refractivity contribution in [3.05, 3.63) is 114 Å². The number of aromatic amines is 1. The summed E-state index contributed by atoms with van der Waals surface area (Å²) in [6, 6.07) is 25.5. The lowest BCUT2D eigenvalue weighted by Gasteiger charge is -2.38. The number of carbonyl (C=O) groups is 2. The van der Waals surface area contributed by atoms with E-state index in [0.29, 0.717) is 60.5 Å². The van der Waals surface area contributed by atoms with Crippen LogP contribution in [0.4, 0.5) is 11.4 Å². The summed E-state index contributed by atoms with van der Waals surface area (Å²) in [5.74, 6) is -0.582. The number of esters is 1. The Bertz CT molecular complexity index is 1950. The van der Waals surface area contributed by atoms with E-state index >= 15 is 0 Å². The molecule has 1 amide bonds. The highest BCUT2D eigenvalue weighted by atomic mass is 32.2. The lowest BCUT2D eigenvalue weighted by atomic mass is 10.1. The molecule has 1 fully saturated rings. The number of piperazine rings is 1. The highest BCUT2D eigenvalue weighted by Gasteiger charge is 2.31. The molecule has 238 valence electrons. The van der Waals surface area contributed by atoms with E-state index < -0.39 is 16.0 Å². The van der Waals surface area contributed by atoms with E-state index in [0.717, 1.165) is 11.3 Å². The zero-order chi connectivity index (χ0) is 32.3. The molecule has 0 aliphatic carbocycles. The Balaban J connectivity index is 1.34. The number of sulfonamides is 1. The average Bonchev–Trinajstić information content (AvgIpc) is 3.74. The van der Waals surface area contributed by atoms with Gasteiger partial charge in [-0.1, -0.05) is 42.5 Å². The van der Waals surface area contributed by atoms with Gasteiger partial charge in [0.2, 0.25) is 5.76 Å². The normalized spacial score (nSPS) is 13.6. The number of aromatic nitrogens is 1. The summed E-state index contributed by atoms with van der Waals surface area (Å²) in [5, 5.41) is 0.531. The zero-order valence-corrected chi connectivity index (χ0v) is 26.6. The maximum absolute atomic E-state index is 14.6. The van der Waals surface area contributed by atoms with E-state index in [9.17, 15) is 18.0 Å². The van der Waals surface area contributed by atoms with Gasteiger partial charge in [0, 0.05) is 49.9 Å². The molecule has 2 aromatic heterocycles. The first kappa shape index (κ1) is 31.0. The molecular weight excluding hydrogens is 604 g/mol. The van der Waals surface area contributed by atoms with Crippen LogP contribution < -0.4 is 9.21 Å². The van der Waals surface area contributed by atoms with Crippen molar-refractivity contribution in [3.63, 3.8) is 0 Å². The second kappa shape index (κ2) is 13.1. The van der Waals surface area contributed by atoms with Gasteiger partial charge in [0.05, 0.1) is 22.9 Å². The lowest BCUT2D eigenvalue weighted by Crippen LogP contribution is -2.49. The molecule has 3 aromatic carbocycles. The summed E-state index contributed by atoms with van der Waals surface area (Å²) in [5.41, 5.74) is 3.81. The molecule has 1 N–H and O–H groups in total. The molecule has 1 aliphatic rings. The Hall–Kier alpha value is -5.03. The Labute approximate surface area is 268 Å². The minimum atomic E-state index is -4.09. The first-order chi connectivity index (χ1) is 22.3. The van der Waals surface area contributed by atoms with Gasteiger partial charge in [-0.25, -0.2) is 13.2 Å². The first-order valence-electron chi connectivity index (χ1n) is 15.3. The fraction of sp³-hybridized carbons (Fsp3) is 0.257. The Morgan fingerprint density at radius 3 is 2.39 bits per heavy atom. The van der Waals surface area contributed by atoms with Crippen molar-refractivity contribution in [1.29, 1.82) is 0 Å². The molecule has 10 nitrogen and oxygen atoms in total. The summed E-state index contributed by atoms with van der Waals surface area (Å²) < 4.78 is 41.5. The number of anilines is 2. The van der Waals surface area contributed by atoms with Gasteiger partial charge in [-0.15, -0.1) is 0 Å². The summed E-state index contributed by atoms with van der Waals surface area (Å²) in [7, 11) is -4.09. The number of furan rings is 1. The molecule has 1 saturated heterocycles. The van der Waals surface area contributed by atoms with Crippen LogP contribution in [0.3, 0.4) is 0 Å². The number of rotatable bonds is 10. The molecule has 46 heavy (non-hydrogen) atoms. The number of ether oxygens (including phenoxy) is 1. The van der Waals surface area contributed by atoms with E-state index in [4.69, 9.17) is 9.15 Å². The van der Waals surface area contributed by atoms with Gasteiger partial charge in [0.25, 0.3) is 15.9 Å². The third-order valence-electron chi connectivity index (χ3n) is 8.29. The van der Waals surface area contributed by atoms with Crippen molar-refractivity contribution in [1.82, 2.24) is 9.88 Å². The summed E-state index contributed by atoms with van der Waals surface area (Å²) in [4.78, 5) is 32.4. The number of aryl methyl sites for hydroxylation is 1. The molecule has 0 spiro atoms. The van der Waals surface area contributed by atoms with Crippen LogP contribution in [0.15, 0.2) is 100 Å². The van der Waals surface area contributed by atoms with Gasteiger partial charge in [0.1, 0.15) is 11.3 Å². The Morgan fingerprint density at radius 1 is 0.935 bits per heavy atom. The molecule has 0 bridgehead atoms. The van der Waals surface area contributed by atoms with E-state index in [1.807, 2.05) is 59.5 Å². The van der Waals surface area contributed by atoms with Gasteiger partial charge >= 0.3 is 5.97 Å². The number of hydrogen-bond donors (Lipinski definition) is 1. The lowest BCUT2D eigenvalue weighted by molar-refractivity contribution is 0.0491. The van der Waals surface area contributed by atoms with Crippen LogP contribution in [0.5, 0.6) is 0 Å². The number of hydrogen-bond acceptors (Lipinski definition) is 7. The standard InChI is InChI=1S/C35H36N4O6S/c1-3-44-35(41)33-25(2)28-24-27(15-16-32(28)45-33)46(42,43)39(19-17-26-10-5-4-6-11-26)31-14-8-7-13-30(31)37-20-22-38(23-21-37)34(40)29-12-9-18-36-29/h4-16,18,24,36H,3,17,19-23H2,1-2H3. The molecule has 6 rings (SSSR count). The van der Waals surface area contributed by atoms with E-state index in [1.54, 1.807) is 44.3 Å². The fourth-order valence-electron chi connectivity index (χ4n) is 5.85. The second-order valence-corrected chi connectivity index (χ2v) is 13.0. The highest BCUT2D eigenvalue weighted by Crippen LogP contribution is 2.36. The van der Waals surface area contributed by atoms with Crippen LogP contribution in [0, 0.1) is 6.92 Å². The number of fused-ring (bicyclic) bond motifs is 1. The molecule has 0 radical (unpaired) electrons. The van der Waals surface area contributed by atoms with Crippen LogP contribution in [0.25, 0.3) is 11.0 Å². The van der Waals surface area contributed by atoms with Gasteiger partial charge in [-0.3, -0.25) is 9.10 Å². The van der Waals surface area contributed by atoms with Crippen LogP contribution in [0.1, 0.15) is 39.1 Å². The highest BCUT2D eigenvalue weighted by molar-refractivity contribution is 7.92. The summed E-state index contributed by atoms with van der Waals surface area (Å²) in [6.07, 6.45) is 2.22. The average molecular weight is 641 g/mol. The zero-order valence-electron chi connectivity index (χ0n) is 25.8. The molecule has 1 aliphatic heterocycles. The summed E-state index contributed by atoms with van der Waals surface area (Å²) in [6.45, 7) is 5.93. The summed E-state index contributed by atoms with van der Waals surface area (Å²) >= 11 is 0. The van der Waals surface area contributed by atoms with Crippen molar-refractivity contribution in [2.24, 2.45) is 0 Å². The van der Waals surface area contributed by atoms with Crippen LogP contribution in [-0.2, 0) is 21.2 Å². The minimum Gasteiger partial charge on any atom is -0.460 e. The smallest absolute Gasteiger partial charge is 0.374 e. The van der Waals surface area contributed by atoms with Crippen molar-refractivity contribution in [2.45, 2.75) is 25.2 Å². The number of H-pyrrole nitrogens is 1. The van der Waals surface area contributed by atoms with Crippen molar-refractivity contribution >= 4 is 44.2 Å². The van der Waals surface area contributed by atoms with Crippen molar-refractivity contribution in [2.75, 3.05) is 48.5 Å². The number of carbonyl (C=O) groups excluding carboxylic acids is 2. The van der Waals surface area contributed by atoms with E-state index in [1.165, 1.54) is 10.4 Å². The Kier molecular flexibility index (Phi) is 8.85. The van der Waals surface area contributed by atoms with Gasteiger partial charge in [-0.05, 0) is 68.3 Å². The van der Waals surface area contributed by atoms with E-state index in [-0.39, 0.29) is 29.7 Å². The second-order valence-electron chi connectivity index (χ2n) is 11.1. The minimum absolute atomic E-state index is 0.0546. The number of benzene rings is 3. The first-order valence-corrected chi connectivity index (χ1v) is 16.8. The maximum Gasteiger partial charge on any atom is 0.374 e. The number of para-hydroxylation sites is 2. The van der Waals surface area contributed by atoms with E-state index in [2.05, 4.69) is 9.88 Å². The number of nitrogens with one attached hydrogen (secondary N) is 1. The van der Waals surface area contributed by atoms with Gasteiger partial charge < -0.3 is 23.9 Å². The molecule has 0 saturated carbocycles. The molecule has 0 atom stereocenters. The predicted octanol–water partition coefficient (Wildman–Crippen LogP) is 5.65. The fourth-order valence-corrected chi connectivity index (χ4v) is 7.36. The van der Waals surface area contributed by atoms with Gasteiger partial charge in [-0.2, -0.15) is 0 Å². The van der Waals surface area contributed by atoms with Gasteiger partial charge in [0.15, 0.2) is 0 Å². The van der Waals surface area contributed by atoms with Crippen molar-refractivity contribution in [3.8, 4) is 0 Å². The molecule has 11 heteroatoms. The number of nitrogens with zero attached hydrogens (tertiary/aromatic N) is 3. The maximum atomic E-state index is 14.6. The topological polar surface area (TPSA) is 116 Å². The molecule has 5 aromatic rings. The Morgan fingerprint density at radius 2 is 1.67 bits per heavy atom. The third-order valence-corrected chi connectivity index (χ3v) is 10.1. The largest absolute Gasteiger partial charge is 0.460 e. The molecular formula is C35H36N4O6S. The number of amides is 1. The predicted molar refractivity (Wildman–Crippen MR) is 177 cm³/mol. The third kappa shape index (κ3) is 6.10. The van der Waals surface area contributed by atoms with Crippen LogP contribution in [-0.4, -0.2) is 69.5 Å². The monoisotopic (exact) mass is 640 g/mol. The quantitative estimate of drug-likeness (QED) is 0.196. The SMILES string of the molecule is CCOC(=O)c1oc2ccc(S(=O)(=O)N(CCc3ccccc3)c3ccccc3N3CCN(C(=O)c4ccc[nH]4)CC3)cc2c1C. The molecule has 3 heterocycles. The molecule has 0 unspecified atom stereocenters. The van der Waals surface area contributed by atoms with Crippen molar-refractivity contribution < 1.29 is 27.2 Å².